The molecule has 29 heavy (non-hydrogen) atoms. The van der Waals surface area contributed by atoms with Crippen LogP contribution in [0.1, 0.15) is 43.0 Å². The minimum atomic E-state index is -3.75. The summed E-state index contributed by atoms with van der Waals surface area (Å²) in [5.41, 5.74) is 0.302. The van der Waals surface area contributed by atoms with Crippen molar-refractivity contribution < 1.29 is 17.9 Å². The van der Waals surface area contributed by atoms with Gasteiger partial charge in [0.15, 0.2) is 0 Å². The van der Waals surface area contributed by atoms with E-state index in [0.717, 1.165) is 32.2 Å². The van der Waals surface area contributed by atoms with Crippen molar-refractivity contribution in [3.05, 3.63) is 42.5 Å². The van der Waals surface area contributed by atoms with Crippen LogP contribution in [0.15, 0.2) is 41.8 Å². The number of ether oxygens (including phenoxy) is 1. The van der Waals surface area contributed by atoms with E-state index in [0.29, 0.717) is 18.7 Å². The summed E-state index contributed by atoms with van der Waals surface area (Å²) >= 11 is 0. The van der Waals surface area contributed by atoms with E-state index in [4.69, 9.17) is 4.74 Å². The van der Waals surface area contributed by atoms with Gasteiger partial charge < -0.3 is 14.6 Å². The number of piperidine rings is 1. The molecule has 1 fully saturated rings. The smallest absolute Gasteiger partial charge is 0.251 e. The zero-order valence-electron chi connectivity index (χ0n) is 16.9. The summed E-state index contributed by atoms with van der Waals surface area (Å²) in [4.78, 5) is 16.6. The van der Waals surface area contributed by atoms with E-state index in [-0.39, 0.29) is 22.6 Å². The Bertz CT molecular complexity index is 928. The highest BCUT2D eigenvalue weighted by atomic mass is 32.2. The molecular weight excluding hydrogens is 392 g/mol. The average molecular weight is 421 g/mol. The molecule has 0 radical (unpaired) electrons. The maximum atomic E-state index is 13.2. The number of amides is 1. The van der Waals surface area contributed by atoms with Crippen LogP contribution in [0.25, 0.3) is 0 Å². The molecule has 0 bridgehead atoms. The summed E-state index contributed by atoms with van der Waals surface area (Å²) in [6, 6.07) is 4.48. The minimum Gasteiger partial charge on any atom is -0.495 e. The van der Waals surface area contributed by atoms with Gasteiger partial charge in [-0.2, -0.15) is 4.31 Å². The van der Waals surface area contributed by atoms with Crippen molar-refractivity contribution in [1.82, 2.24) is 19.2 Å². The number of hydrogen-bond acceptors (Lipinski definition) is 5. The molecule has 1 saturated heterocycles. The lowest BCUT2D eigenvalue weighted by molar-refractivity contribution is 0.0952. The molecule has 1 aliphatic heterocycles. The molecule has 1 aromatic carbocycles. The number of hydrogen-bond donors (Lipinski definition) is 1. The highest BCUT2D eigenvalue weighted by Crippen LogP contribution is 2.31. The molecule has 1 aliphatic rings. The molecule has 0 unspecified atom stereocenters. The Labute approximate surface area is 171 Å². The molecule has 3 rings (SSSR count). The summed E-state index contributed by atoms with van der Waals surface area (Å²) < 4.78 is 35.2. The van der Waals surface area contributed by atoms with Gasteiger partial charge in [0.25, 0.3) is 5.91 Å². The summed E-state index contributed by atoms with van der Waals surface area (Å²) in [7, 11) is -2.31. The molecule has 1 amide bonds. The van der Waals surface area contributed by atoms with Crippen LogP contribution < -0.4 is 10.1 Å². The van der Waals surface area contributed by atoms with E-state index in [2.05, 4.69) is 10.3 Å². The molecule has 0 saturated carbocycles. The van der Waals surface area contributed by atoms with Gasteiger partial charge in [0, 0.05) is 43.6 Å². The minimum absolute atomic E-state index is 0.0415. The van der Waals surface area contributed by atoms with Crippen molar-refractivity contribution in [2.45, 2.75) is 50.1 Å². The van der Waals surface area contributed by atoms with Gasteiger partial charge in [-0.25, -0.2) is 13.4 Å². The molecule has 2 heterocycles. The molecule has 2 aromatic rings. The van der Waals surface area contributed by atoms with Crippen molar-refractivity contribution in [3.63, 3.8) is 0 Å². The van der Waals surface area contributed by atoms with E-state index < -0.39 is 10.0 Å². The van der Waals surface area contributed by atoms with Crippen LogP contribution >= 0.6 is 0 Å². The fraction of sp³-hybridized carbons (Fsp3) is 0.500. The van der Waals surface area contributed by atoms with Gasteiger partial charge in [-0.15, -0.1) is 0 Å². The van der Waals surface area contributed by atoms with E-state index in [1.807, 2.05) is 17.7 Å². The van der Waals surface area contributed by atoms with Gasteiger partial charge in [0.2, 0.25) is 10.0 Å². The Morgan fingerprint density at radius 3 is 2.86 bits per heavy atom. The van der Waals surface area contributed by atoms with Crippen LogP contribution in [0.2, 0.25) is 0 Å². The van der Waals surface area contributed by atoms with Gasteiger partial charge in [-0.3, -0.25) is 4.79 Å². The monoisotopic (exact) mass is 420 g/mol. The van der Waals surface area contributed by atoms with E-state index in [1.165, 1.54) is 17.5 Å². The van der Waals surface area contributed by atoms with Crippen LogP contribution in [0.5, 0.6) is 5.75 Å². The van der Waals surface area contributed by atoms with Crippen molar-refractivity contribution >= 4 is 15.9 Å². The number of aromatic nitrogens is 2. The topological polar surface area (TPSA) is 93.5 Å². The molecule has 1 N–H and O–H groups in total. The number of carbonyl (C=O) groups is 1. The lowest BCUT2D eigenvalue weighted by atomic mass is 10.1. The second-order valence-corrected chi connectivity index (χ2v) is 9.10. The number of nitrogens with zero attached hydrogens (tertiary/aromatic N) is 3. The molecule has 158 valence electrons. The van der Waals surface area contributed by atoms with Gasteiger partial charge in [0.05, 0.1) is 13.4 Å². The predicted octanol–water partition coefficient (Wildman–Crippen LogP) is 2.27. The van der Waals surface area contributed by atoms with Gasteiger partial charge in [-0.1, -0.05) is 6.42 Å². The number of methoxy groups -OCH3 is 1. The zero-order valence-corrected chi connectivity index (χ0v) is 17.7. The second kappa shape index (κ2) is 9.41. The third-order valence-corrected chi connectivity index (χ3v) is 7.23. The van der Waals surface area contributed by atoms with Crippen LogP contribution in [-0.2, 0) is 16.6 Å². The Hall–Kier alpha value is -2.39. The van der Waals surface area contributed by atoms with Crippen LogP contribution in [-0.4, -0.2) is 54.4 Å². The summed E-state index contributed by atoms with van der Waals surface area (Å²) in [6.07, 6.45) is 8.73. The summed E-state index contributed by atoms with van der Waals surface area (Å²) in [6.45, 7) is 3.63. The van der Waals surface area contributed by atoms with Crippen molar-refractivity contribution in [1.29, 1.82) is 0 Å². The number of imidazole rings is 1. The Kier molecular flexibility index (Phi) is 6.92. The first-order valence-corrected chi connectivity index (χ1v) is 11.3. The van der Waals surface area contributed by atoms with Crippen LogP contribution in [0.4, 0.5) is 0 Å². The van der Waals surface area contributed by atoms with E-state index in [1.54, 1.807) is 24.7 Å². The molecular formula is C20H28N4O4S. The Morgan fingerprint density at radius 1 is 1.34 bits per heavy atom. The maximum Gasteiger partial charge on any atom is 0.251 e. The molecule has 9 heteroatoms. The van der Waals surface area contributed by atoms with E-state index >= 15 is 0 Å². The third-order valence-electron chi connectivity index (χ3n) is 5.19. The van der Waals surface area contributed by atoms with Gasteiger partial charge in [0.1, 0.15) is 10.6 Å². The number of benzene rings is 1. The summed E-state index contributed by atoms with van der Waals surface area (Å²) in [5.74, 6) is -0.0548. The Morgan fingerprint density at radius 2 is 2.17 bits per heavy atom. The molecule has 1 atom stereocenters. The van der Waals surface area contributed by atoms with Gasteiger partial charge in [-0.05, 0) is 44.4 Å². The average Bonchev–Trinajstić information content (AvgIpc) is 3.24. The zero-order chi connectivity index (χ0) is 20.9. The first-order valence-electron chi connectivity index (χ1n) is 9.87. The highest BCUT2D eigenvalue weighted by molar-refractivity contribution is 7.89. The quantitative estimate of drug-likeness (QED) is 0.661. The predicted molar refractivity (Wildman–Crippen MR) is 109 cm³/mol. The standard InChI is InChI=1S/C20H28N4O4S/c1-16-6-3-4-12-24(16)29(26,27)19-14-17(7-8-18(19)28-2)20(25)22-9-5-11-23-13-10-21-15-23/h7-8,10,13-16H,3-6,9,11-12H2,1-2H3,(H,22,25)/t16-/m1/s1. The number of rotatable bonds is 8. The first kappa shape index (κ1) is 21.3. The SMILES string of the molecule is COc1ccc(C(=O)NCCCn2ccnc2)cc1S(=O)(=O)N1CCCC[C@H]1C. The fourth-order valence-corrected chi connectivity index (χ4v) is 5.44. The Balaban J connectivity index is 1.73. The van der Waals surface area contributed by atoms with Crippen molar-refractivity contribution in [2.24, 2.45) is 0 Å². The van der Waals surface area contributed by atoms with Crippen LogP contribution in [0, 0.1) is 0 Å². The number of aryl methyl sites for hydroxylation is 1. The second-order valence-electron chi connectivity index (χ2n) is 7.24. The summed E-state index contributed by atoms with van der Waals surface area (Å²) in [5, 5.41) is 2.84. The van der Waals surface area contributed by atoms with Gasteiger partial charge >= 0.3 is 0 Å². The van der Waals surface area contributed by atoms with E-state index in [9.17, 15) is 13.2 Å². The normalized spacial score (nSPS) is 17.8. The molecule has 0 aliphatic carbocycles. The number of nitrogens with one attached hydrogen (secondary N) is 1. The third kappa shape index (κ3) is 4.97. The fourth-order valence-electron chi connectivity index (χ4n) is 3.56. The highest BCUT2D eigenvalue weighted by Gasteiger charge is 2.33. The maximum absolute atomic E-state index is 13.2. The lowest BCUT2D eigenvalue weighted by Gasteiger charge is -2.32. The largest absolute Gasteiger partial charge is 0.495 e. The number of sulfonamides is 1. The molecule has 8 nitrogen and oxygen atoms in total. The lowest BCUT2D eigenvalue weighted by Crippen LogP contribution is -2.42. The van der Waals surface area contributed by atoms with Crippen molar-refractivity contribution in [3.8, 4) is 5.75 Å². The van der Waals surface area contributed by atoms with Crippen molar-refractivity contribution in [2.75, 3.05) is 20.2 Å². The molecule has 0 spiro atoms. The first-order chi connectivity index (χ1) is 13.9. The molecule has 1 aromatic heterocycles. The van der Waals surface area contributed by atoms with Crippen LogP contribution in [0.3, 0.4) is 0 Å². The number of carbonyl (C=O) groups excluding carboxylic acids is 1.